The Hall–Kier alpha value is -2.31. The first kappa shape index (κ1) is 16.7. The number of hydrogen-bond acceptors (Lipinski definition) is 5. The highest BCUT2D eigenvalue weighted by Gasteiger charge is 2.23. The number of aryl methyl sites for hydroxylation is 1. The van der Waals surface area contributed by atoms with Crippen LogP contribution in [0.3, 0.4) is 0 Å². The zero-order valence-corrected chi connectivity index (χ0v) is 12.5. The summed E-state index contributed by atoms with van der Waals surface area (Å²) in [6, 6.07) is 4.98. The Labute approximate surface area is 123 Å². The van der Waals surface area contributed by atoms with Gasteiger partial charge in [-0.3, -0.25) is 10.1 Å². The predicted octanol–water partition coefficient (Wildman–Crippen LogP) is 2.83. The number of rotatable bonds is 7. The lowest BCUT2D eigenvalue weighted by Gasteiger charge is -2.22. The van der Waals surface area contributed by atoms with Gasteiger partial charge in [-0.2, -0.15) is 0 Å². The van der Waals surface area contributed by atoms with Crippen LogP contribution in [0.5, 0.6) is 5.75 Å². The minimum absolute atomic E-state index is 0.00630. The highest BCUT2D eigenvalue weighted by molar-refractivity contribution is 5.85. The van der Waals surface area contributed by atoms with Gasteiger partial charge in [-0.1, -0.05) is 31.1 Å². The second-order valence-electron chi connectivity index (χ2n) is 5.50. The third kappa shape index (κ3) is 4.34. The molecule has 21 heavy (non-hydrogen) atoms. The fraction of sp³-hybridized carbons (Fsp3) is 0.500. The highest BCUT2D eigenvalue weighted by atomic mass is 16.6. The van der Waals surface area contributed by atoms with Crippen LogP contribution < -0.4 is 10.5 Å². The van der Waals surface area contributed by atoms with Crippen LogP contribution >= 0.6 is 0 Å². The molecule has 0 saturated carbocycles. The molecule has 0 spiro atoms. The normalized spacial score (nSPS) is 12.2. The first-order valence-corrected chi connectivity index (χ1v) is 6.64. The number of para-hydroxylation sites is 1. The number of benzene rings is 1. The van der Waals surface area contributed by atoms with Crippen molar-refractivity contribution in [2.24, 2.45) is 16.3 Å². The molecular weight excluding hydrogens is 274 g/mol. The number of hydrogen-bond donors (Lipinski definition) is 2. The molecule has 7 heteroatoms. The second-order valence-corrected chi connectivity index (χ2v) is 5.50. The molecule has 0 saturated heterocycles. The van der Waals surface area contributed by atoms with Crippen LogP contribution in [-0.2, 0) is 0 Å². The molecule has 0 fully saturated rings. The smallest absolute Gasteiger partial charge is 0.313 e. The molecule has 1 aromatic carbocycles. The van der Waals surface area contributed by atoms with E-state index in [1.165, 1.54) is 0 Å². The maximum Gasteiger partial charge on any atom is 0.313 e. The summed E-state index contributed by atoms with van der Waals surface area (Å²) >= 11 is 0. The third-order valence-electron chi connectivity index (χ3n) is 3.39. The average molecular weight is 295 g/mol. The van der Waals surface area contributed by atoms with Crippen LogP contribution in [-0.4, -0.2) is 22.6 Å². The van der Waals surface area contributed by atoms with Gasteiger partial charge in [0.2, 0.25) is 0 Å². The zero-order valence-electron chi connectivity index (χ0n) is 12.5. The van der Waals surface area contributed by atoms with Crippen molar-refractivity contribution in [3.63, 3.8) is 0 Å². The number of nitrogens with zero attached hydrogens (tertiary/aromatic N) is 2. The monoisotopic (exact) mass is 295 g/mol. The Morgan fingerprint density at radius 1 is 1.52 bits per heavy atom. The van der Waals surface area contributed by atoms with Crippen molar-refractivity contribution in [2.75, 3.05) is 6.61 Å². The van der Waals surface area contributed by atoms with E-state index in [1.807, 2.05) is 13.8 Å². The van der Waals surface area contributed by atoms with Gasteiger partial charge in [0, 0.05) is 11.0 Å². The summed E-state index contributed by atoms with van der Waals surface area (Å²) in [6.07, 6.45) is 1.27. The summed E-state index contributed by atoms with van der Waals surface area (Å²) in [6.45, 7) is 5.72. The fourth-order valence-corrected chi connectivity index (χ4v) is 1.94. The van der Waals surface area contributed by atoms with Gasteiger partial charge in [0.15, 0.2) is 5.75 Å². The number of amidine groups is 1. The summed E-state index contributed by atoms with van der Waals surface area (Å²) in [5.41, 5.74) is 5.71. The molecular formula is C14H21N3O4. The molecule has 3 N–H and O–H groups in total. The van der Waals surface area contributed by atoms with E-state index in [0.717, 1.165) is 0 Å². The Morgan fingerprint density at radius 2 is 2.19 bits per heavy atom. The van der Waals surface area contributed by atoms with Gasteiger partial charge < -0.3 is 15.7 Å². The highest BCUT2D eigenvalue weighted by Crippen LogP contribution is 2.30. The summed E-state index contributed by atoms with van der Waals surface area (Å²) in [5, 5.41) is 22.7. The standard InChI is InChI=1S/C14H21N3O4/c1-10-6-4-7-11(12(10)17(19)20)21-9-5-8-14(2,3)13(15)16-18/h4,6-7,18H,5,8-9H2,1-3H3,(H2,15,16). The van der Waals surface area contributed by atoms with Gasteiger partial charge in [0.05, 0.1) is 11.5 Å². The van der Waals surface area contributed by atoms with Gasteiger partial charge in [-0.25, -0.2) is 0 Å². The Kier molecular flexibility index (Phi) is 5.52. The Morgan fingerprint density at radius 3 is 2.76 bits per heavy atom. The van der Waals surface area contributed by atoms with Crippen LogP contribution in [0.1, 0.15) is 32.3 Å². The number of nitrogens with two attached hydrogens (primary N) is 1. The maximum atomic E-state index is 11.0. The quantitative estimate of drug-likeness (QED) is 0.201. The maximum absolute atomic E-state index is 11.0. The molecule has 116 valence electrons. The molecule has 0 aliphatic rings. The topological polar surface area (TPSA) is 111 Å². The Bertz CT molecular complexity index is 541. The minimum atomic E-state index is -0.448. The van der Waals surface area contributed by atoms with Crippen molar-refractivity contribution in [1.82, 2.24) is 0 Å². The first-order chi connectivity index (χ1) is 9.79. The van der Waals surface area contributed by atoms with Crippen molar-refractivity contribution < 1.29 is 14.9 Å². The van der Waals surface area contributed by atoms with E-state index < -0.39 is 10.3 Å². The SMILES string of the molecule is Cc1cccc(OCCCC(C)(C)C(N)=NO)c1[N+](=O)[O-]. The van der Waals surface area contributed by atoms with Gasteiger partial charge in [-0.05, 0) is 25.8 Å². The summed E-state index contributed by atoms with van der Waals surface area (Å²) < 4.78 is 5.50. The lowest BCUT2D eigenvalue weighted by molar-refractivity contribution is -0.386. The predicted molar refractivity (Wildman–Crippen MR) is 79.8 cm³/mol. The molecule has 0 atom stereocenters. The number of nitro groups is 1. The molecule has 1 rings (SSSR count). The summed E-state index contributed by atoms with van der Waals surface area (Å²) in [4.78, 5) is 10.6. The van der Waals surface area contributed by atoms with Gasteiger partial charge >= 0.3 is 5.69 Å². The molecule has 0 bridgehead atoms. The molecule has 0 unspecified atom stereocenters. The van der Waals surface area contributed by atoms with E-state index in [0.29, 0.717) is 25.0 Å². The van der Waals surface area contributed by atoms with Crippen LogP contribution in [0.4, 0.5) is 5.69 Å². The average Bonchev–Trinajstić information content (AvgIpc) is 2.42. The molecule has 1 aromatic rings. The fourth-order valence-electron chi connectivity index (χ4n) is 1.94. The van der Waals surface area contributed by atoms with E-state index in [-0.39, 0.29) is 17.3 Å². The molecule has 0 aromatic heterocycles. The number of ether oxygens (including phenoxy) is 1. The van der Waals surface area contributed by atoms with Crippen molar-refractivity contribution >= 4 is 11.5 Å². The first-order valence-electron chi connectivity index (χ1n) is 6.64. The van der Waals surface area contributed by atoms with Crippen LogP contribution in [0.25, 0.3) is 0 Å². The van der Waals surface area contributed by atoms with Crippen LogP contribution in [0.15, 0.2) is 23.4 Å². The zero-order chi connectivity index (χ0) is 16.0. The van der Waals surface area contributed by atoms with Gasteiger partial charge in [0.25, 0.3) is 0 Å². The molecule has 0 aliphatic heterocycles. The minimum Gasteiger partial charge on any atom is -0.487 e. The van der Waals surface area contributed by atoms with E-state index in [9.17, 15) is 10.1 Å². The molecule has 0 radical (unpaired) electrons. The third-order valence-corrected chi connectivity index (χ3v) is 3.39. The van der Waals surface area contributed by atoms with E-state index in [4.69, 9.17) is 15.7 Å². The molecule has 0 heterocycles. The van der Waals surface area contributed by atoms with Crippen molar-refractivity contribution in [2.45, 2.75) is 33.6 Å². The second kappa shape index (κ2) is 6.92. The number of oxime groups is 1. The van der Waals surface area contributed by atoms with Crippen LogP contribution in [0, 0.1) is 22.5 Å². The Balaban J connectivity index is 2.62. The molecule has 0 amide bonds. The van der Waals surface area contributed by atoms with Crippen LogP contribution in [0.2, 0.25) is 0 Å². The van der Waals surface area contributed by atoms with E-state index >= 15 is 0 Å². The largest absolute Gasteiger partial charge is 0.487 e. The lowest BCUT2D eigenvalue weighted by Crippen LogP contribution is -2.32. The summed E-state index contributed by atoms with van der Waals surface area (Å²) in [7, 11) is 0. The van der Waals surface area contributed by atoms with E-state index in [1.54, 1.807) is 25.1 Å². The number of nitro benzene ring substituents is 1. The van der Waals surface area contributed by atoms with Gasteiger partial charge in [0.1, 0.15) is 5.84 Å². The van der Waals surface area contributed by atoms with Crippen molar-refractivity contribution in [3.8, 4) is 5.75 Å². The van der Waals surface area contributed by atoms with Crippen molar-refractivity contribution in [3.05, 3.63) is 33.9 Å². The van der Waals surface area contributed by atoms with Crippen molar-refractivity contribution in [1.29, 1.82) is 0 Å². The van der Waals surface area contributed by atoms with E-state index in [2.05, 4.69) is 5.16 Å². The van der Waals surface area contributed by atoms with Gasteiger partial charge in [-0.15, -0.1) is 0 Å². The summed E-state index contributed by atoms with van der Waals surface area (Å²) in [5.74, 6) is 0.422. The lowest BCUT2D eigenvalue weighted by atomic mass is 9.87. The molecule has 0 aliphatic carbocycles. The molecule has 7 nitrogen and oxygen atoms in total.